The fourth-order valence-corrected chi connectivity index (χ4v) is 2.31. The lowest BCUT2D eigenvalue weighted by molar-refractivity contribution is -0.385. The summed E-state index contributed by atoms with van der Waals surface area (Å²) in [6.07, 6.45) is 0. The minimum Gasteiger partial charge on any atom is -0.486 e. The number of nitro groups is 1. The Labute approximate surface area is 120 Å². The number of aromatic nitrogens is 2. The van der Waals surface area contributed by atoms with Crippen LogP contribution in [0.3, 0.4) is 0 Å². The van der Waals surface area contributed by atoms with Gasteiger partial charge in [0.2, 0.25) is 0 Å². The maximum atomic E-state index is 10.8. The van der Waals surface area contributed by atoms with Crippen molar-refractivity contribution >= 4 is 38.2 Å². The number of anilines is 1. The molecule has 0 aliphatic heterocycles. The number of nitro benzene ring substituents is 1. The van der Waals surface area contributed by atoms with E-state index in [9.17, 15) is 10.1 Å². The van der Waals surface area contributed by atoms with Gasteiger partial charge in [-0.15, -0.1) is 5.10 Å². The molecule has 2 aromatic rings. The molecule has 0 atom stereocenters. The first-order valence-electron chi connectivity index (χ1n) is 4.97. The maximum absolute atomic E-state index is 10.8. The van der Waals surface area contributed by atoms with Crippen LogP contribution in [0.1, 0.15) is 5.69 Å². The van der Waals surface area contributed by atoms with E-state index in [1.165, 1.54) is 6.07 Å². The molecule has 0 aliphatic carbocycles. The summed E-state index contributed by atoms with van der Waals surface area (Å²) >= 11 is 4.24. The van der Waals surface area contributed by atoms with Crippen molar-refractivity contribution in [2.45, 2.75) is 6.61 Å². The largest absolute Gasteiger partial charge is 0.486 e. The summed E-state index contributed by atoms with van der Waals surface area (Å²) in [5.41, 5.74) is 2.92. The van der Waals surface area contributed by atoms with Crippen LogP contribution in [0.25, 0.3) is 0 Å². The van der Waals surface area contributed by atoms with Gasteiger partial charge < -0.3 is 10.2 Å². The van der Waals surface area contributed by atoms with Crippen molar-refractivity contribution in [3.05, 3.63) is 38.5 Å². The quantitative estimate of drug-likeness (QED) is 0.484. The second-order valence-corrected chi connectivity index (χ2v) is 4.88. The van der Waals surface area contributed by atoms with E-state index in [-0.39, 0.29) is 16.8 Å². The molecule has 0 aliphatic rings. The van der Waals surface area contributed by atoms with Crippen molar-refractivity contribution in [3.8, 4) is 5.75 Å². The number of nitrogens with two attached hydrogens (primary N) is 1. The summed E-state index contributed by atoms with van der Waals surface area (Å²) in [5, 5.41) is 15.2. The molecule has 1 aromatic carbocycles. The summed E-state index contributed by atoms with van der Waals surface area (Å²) in [4.78, 5) is 10.3. The highest BCUT2D eigenvalue weighted by molar-refractivity contribution is 9.10. The van der Waals surface area contributed by atoms with Crippen LogP contribution in [0.2, 0.25) is 0 Å². The normalized spacial score (nSPS) is 10.2. The van der Waals surface area contributed by atoms with Gasteiger partial charge in [-0.3, -0.25) is 10.1 Å². The molecule has 0 bridgehead atoms. The molecule has 0 fully saturated rings. The zero-order chi connectivity index (χ0) is 13.8. The molecule has 10 heteroatoms. The molecule has 1 heterocycles. The van der Waals surface area contributed by atoms with Gasteiger partial charge >= 0.3 is 0 Å². The number of hydrogen-bond acceptors (Lipinski definition) is 8. The third-order valence-corrected chi connectivity index (χ3v) is 3.69. The average Bonchev–Trinajstić information content (AvgIpc) is 2.84. The van der Waals surface area contributed by atoms with E-state index in [1.807, 2.05) is 0 Å². The molecule has 0 spiro atoms. The monoisotopic (exact) mass is 345 g/mol. The fourth-order valence-electron chi connectivity index (χ4n) is 1.31. The van der Waals surface area contributed by atoms with Crippen molar-refractivity contribution in [3.63, 3.8) is 0 Å². The molecule has 3 N–H and O–H groups in total. The first-order valence-corrected chi connectivity index (χ1v) is 6.53. The van der Waals surface area contributed by atoms with Crippen LogP contribution >= 0.6 is 27.5 Å². The minimum absolute atomic E-state index is 0.0638. The number of hydrogen-bond donors (Lipinski definition) is 2. The molecular formula is C9H8BrN5O3S. The Hall–Kier alpha value is -1.78. The second-order valence-electron chi connectivity index (χ2n) is 3.33. The lowest BCUT2D eigenvalue weighted by Gasteiger charge is -2.07. The molecule has 0 amide bonds. The minimum atomic E-state index is -0.492. The van der Waals surface area contributed by atoms with E-state index >= 15 is 0 Å². The molecule has 0 radical (unpaired) electrons. The number of ether oxygens (including phenoxy) is 1. The molecule has 0 saturated carbocycles. The highest BCUT2D eigenvalue weighted by Crippen LogP contribution is 2.34. The zero-order valence-corrected chi connectivity index (χ0v) is 11.8. The zero-order valence-electron chi connectivity index (χ0n) is 9.37. The number of nitrogen functional groups attached to an aromatic ring is 1. The van der Waals surface area contributed by atoms with Gasteiger partial charge in [-0.05, 0) is 22.0 Å². The molecule has 0 unspecified atom stereocenters. The van der Waals surface area contributed by atoms with Crippen LogP contribution in [0, 0.1) is 10.1 Å². The van der Waals surface area contributed by atoms with E-state index in [0.29, 0.717) is 16.4 Å². The highest BCUT2D eigenvalue weighted by Gasteiger charge is 2.16. The lowest BCUT2D eigenvalue weighted by atomic mass is 10.3. The number of nitrogens with zero attached hydrogens (tertiary/aromatic N) is 3. The Balaban J connectivity index is 2.16. The van der Waals surface area contributed by atoms with E-state index in [4.69, 9.17) is 10.6 Å². The Morgan fingerprint density at radius 3 is 3.05 bits per heavy atom. The molecule has 1 aromatic heterocycles. The van der Waals surface area contributed by atoms with Gasteiger partial charge in [0.1, 0.15) is 22.5 Å². The standard InChI is InChI=1S/C9H8BrN5O3S/c10-8-6(15(16)17)2-1-3-7(8)18-4-5-9(12-11)19-14-13-5/h1-3,12H,4,11H2. The fraction of sp³-hybridized carbons (Fsp3) is 0.111. The van der Waals surface area contributed by atoms with Gasteiger partial charge in [-0.1, -0.05) is 10.6 Å². The van der Waals surface area contributed by atoms with E-state index in [2.05, 4.69) is 30.9 Å². The number of benzene rings is 1. The van der Waals surface area contributed by atoms with Gasteiger partial charge in [0.15, 0.2) is 5.00 Å². The molecule has 2 rings (SSSR count). The highest BCUT2D eigenvalue weighted by atomic mass is 79.9. The van der Waals surface area contributed by atoms with Gasteiger partial charge in [-0.2, -0.15) is 0 Å². The predicted octanol–water partition coefficient (Wildman–Crippen LogP) is 2.07. The topological polar surface area (TPSA) is 116 Å². The van der Waals surface area contributed by atoms with Crippen LogP contribution in [-0.2, 0) is 6.61 Å². The smallest absolute Gasteiger partial charge is 0.287 e. The average molecular weight is 346 g/mol. The van der Waals surface area contributed by atoms with Crippen molar-refractivity contribution in [2.75, 3.05) is 5.43 Å². The summed E-state index contributed by atoms with van der Waals surface area (Å²) in [5.74, 6) is 5.64. The maximum Gasteiger partial charge on any atom is 0.287 e. The van der Waals surface area contributed by atoms with E-state index in [1.54, 1.807) is 12.1 Å². The first kappa shape index (κ1) is 13.6. The van der Waals surface area contributed by atoms with Crippen molar-refractivity contribution in [1.29, 1.82) is 0 Å². The summed E-state index contributed by atoms with van der Waals surface area (Å²) in [7, 11) is 0. The van der Waals surface area contributed by atoms with Crippen LogP contribution in [0.4, 0.5) is 10.7 Å². The van der Waals surface area contributed by atoms with Crippen LogP contribution in [-0.4, -0.2) is 14.5 Å². The van der Waals surface area contributed by atoms with Gasteiger partial charge in [0.05, 0.1) is 4.92 Å². The number of halogens is 1. The van der Waals surface area contributed by atoms with Crippen molar-refractivity contribution in [2.24, 2.45) is 5.84 Å². The third kappa shape index (κ3) is 2.97. The van der Waals surface area contributed by atoms with Crippen molar-refractivity contribution < 1.29 is 9.66 Å². The summed E-state index contributed by atoms with van der Waals surface area (Å²) in [6.45, 7) is 0.107. The molecule has 100 valence electrons. The van der Waals surface area contributed by atoms with Crippen LogP contribution < -0.4 is 16.0 Å². The molecule has 8 nitrogen and oxygen atoms in total. The van der Waals surface area contributed by atoms with Crippen LogP contribution in [0.15, 0.2) is 22.7 Å². The van der Waals surface area contributed by atoms with Crippen molar-refractivity contribution in [1.82, 2.24) is 9.59 Å². The number of rotatable bonds is 5. The Morgan fingerprint density at radius 1 is 1.58 bits per heavy atom. The number of nitrogens with one attached hydrogen (secondary N) is 1. The molecule has 0 saturated heterocycles. The Bertz CT molecular complexity index is 605. The van der Waals surface area contributed by atoms with E-state index < -0.39 is 4.92 Å². The Morgan fingerprint density at radius 2 is 2.37 bits per heavy atom. The first-order chi connectivity index (χ1) is 9.13. The van der Waals surface area contributed by atoms with Gasteiger partial charge in [-0.25, -0.2) is 5.84 Å². The van der Waals surface area contributed by atoms with Crippen LogP contribution in [0.5, 0.6) is 5.75 Å². The predicted molar refractivity (Wildman–Crippen MR) is 72.8 cm³/mol. The van der Waals surface area contributed by atoms with E-state index in [0.717, 1.165) is 11.5 Å². The summed E-state index contributed by atoms with van der Waals surface area (Å²) in [6, 6.07) is 4.54. The second kappa shape index (κ2) is 5.91. The van der Waals surface area contributed by atoms with Gasteiger partial charge in [0.25, 0.3) is 5.69 Å². The number of hydrazine groups is 1. The SMILES string of the molecule is NNc1snnc1COc1cccc([N+](=O)[O-])c1Br. The third-order valence-electron chi connectivity index (χ3n) is 2.19. The molecule has 19 heavy (non-hydrogen) atoms. The Kier molecular flexibility index (Phi) is 4.24. The summed E-state index contributed by atoms with van der Waals surface area (Å²) < 4.78 is 9.48. The molecular weight excluding hydrogens is 338 g/mol. The van der Waals surface area contributed by atoms with Gasteiger partial charge in [0, 0.05) is 17.6 Å². The lowest BCUT2D eigenvalue weighted by Crippen LogP contribution is -2.08.